The van der Waals surface area contributed by atoms with Crippen LogP contribution in [0.2, 0.25) is 0 Å². The summed E-state index contributed by atoms with van der Waals surface area (Å²) in [7, 11) is 0. The lowest BCUT2D eigenvalue weighted by molar-refractivity contribution is 0.00933. The predicted molar refractivity (Wildman–Crippen MR) is 40.8 cm³/mol. The van der Waals surface area contributed by atoms with Gasteiger partial charge in [-0.3, -0.25) is 0 Å². The molecule has 2 heteroatoms. The molecule has 1 saturated heterocycles. The summed E-state index contributed by atoms with van der Waals surface area (Å²) in [6.07, 6.45) is -0.0370. The maximum Gasteiger partial charge on any atom is 0.107 e. The van der Waals surface area contributed by atoms with E-state index in [2.05, 4.69) is 0 Å². The molecule has 0 saturated carbocycles. The molecular formula is C8H17FO. The fourth-order valence-corrected chi connectivity index (χ4v) is 0.854. The molecule has 0 aromatic carbocycles. The Morgan fingerprint density at radius 1 is 1.40 bits per heavy atom. The zero-order valence-corrected chi connectivity index (χ0v) is 7.06. The maximum atomic E-state index is 12.5. The minimum atomic E-state index is -0.622. The van der Waals surface area contributed by atoms with E-state index in [0.717, 1.165) is 0 Å². The van der Waals surface area contributed by atoms with Crippen molar-refractivity contribution in [3.8, 4) is 0 Å². The SMILES string of the molecule is CC.CC1COCCC1F. The van der Waals surface area contributed by atoms with E-state index in [4.69, 9.17) is 4.74 Å². The highest BCUT2D eigenvalue weighted by Gasteiger charge is 2.20. The lowest BCUT2D eigenvalue weighted by Gasteiger charge is -2.21. The molecule has 0 amide bonds. The molecule has 1 nitrogen and oxygen atoms in total. The van der Waals surface area contributed by atoms with E-state index in [1.807, 2.05) is 20.8 Å². The molecule has 62 valence electrons. The summed E-state index contributed by atoms with van der Waals surface area (Å²) < 4.78 is 17.5. The molecule has 2 atom stereocenters. The van der Waals surface area contributed by atoms with E-state index in [0.29, 0.717) is 19.6 Å². The monoisotopic (exact) mass is 148 g/mol. The first-order chi connectivity index (χ1) is 4.80. The first kappa shape index (κ1) is 9.89. The van der Waals surface area contributed by atoms with Crippen LogP contribution in [0.25, 0.3) is 0 Å². The summed E-state index contributed by atoms with van der Waals surface area (Å²) in [5, 5.41) is 0. The highest BCUT2D eigenvalue weighted by atomic mass is 19.1. The Morgan fingerprint density at radius 2 is 2.00 bits per heavy atom. The van der Waals surface area contributed by atoms with Crippen molar-refractivity contribution in [2.24, 2.45) is 5.92 Å². The highest BCUT2D eigenvalue weighted by molar-refractivity contribution is 4.67. The normalized spacial score (nSPS) is 32.4. The Bertz CT molecular complexity index is 65.7. The van der Waals surface area contributed by atoms with Crippen LogP contribution in [-0.4, -0.2) is 19.4 Å². The van der Waals surface area contributed by atoms with Crippen LogP contribution in [0.1, 0.15) is 27.2 Å². The fourth-order valence-electron chi connectivity index (χ4n) is 0.854. The van der Waals surface area contributed by atoms with Crippen LogP contribution in [-0.2, 0) is 4.74 Å². The van der Waals surface area contributed by atoms with Gasteiger partial charge in [-0.25, -0.2) is 4.39 Å². The zero-order valence-electron chi connectivity index (χ0n) is 7.06. The predicted octanol–water partition coefficient (Wildman–Crippen LogP) is 2.41. The topological polar surface area (TPSA) is 9.23 Å². The number of ether oxygens (including phenoxy) is 1. The van der Waals surface area contributed by atoms with Gasteiger partial charge in [-0.1, -0.05) is 20.8 Å². The molecule has 1 aliphatic heterocycles. The largest absolute Gasteiger partial charge is 0.381 e. The number of alkyl halides is 1. The highest BCUT2D eigenvalue weighted by Crippen LogP contribution is 2.16. The molecule has 0 spiro atoms. The third-order valence-electron chi connectivity index (χ3n) is 1.54. The van der Waals surface area contributed by atoms with Crippen molar-refractivity contribution in [2.45, 2.75) is 33.4 Å². The fraction of sp³-hybridized carbons (Fsp3) is 1.00. The van der Waals surface area contributed by atoms with Gasteiger partial charge < -0.3 is 4.74 Å². The second-order valence-electron chi connectivity index (χ2n) is 2.36. The molecule has 0 bridgehead atoms. The molecule has 10 heavy (non-hydrogen) atoms. The smallest absolute Gasteiger partial charge is 0.107 e. The van der Waals surface area contributed by atoms with Gasteiger partial charge in [0.2, 0.25) is 0 Å². The average Bonchev–Trinajstić information content (AvgIpc) is 2.00. The van der Waals surface area contributed by atoms with E-state index in [-0.39, 0.29) is 5.92 Å². The standard InChI is InChI=1S/C6H11FO.C2H6/c1-5-4-8-3-2-6(5)7;1-2/h5-6H,2-4H2,1H3;1-2H3. The summed E-state index contributed by atoms with van der Waals surface area (Å²) in [5.41, 5.74) is 0. The Balaban J connectivity index is 0.000000371. The Hall–Kier alpha value is -0.110. The minimum absolute atomic E-state index is 0.115. The van der Waals surface area contributed by atoms with Crippen LogP contribution >= 0.6 is 0 Å². The Morgan fingerprint density at radius 3 is 2.30 bits per heavy atom. The number of rotatable bonds is 0. The molecule has 2 unspecified atom stereocenters. The van der Waals surface area contributed by atoms with E-state index in [1.54, 1.807) is 0 Å². The van der Waals surface area contributed by atoms with Crippen molar-refractivity contribution in [3.63, 3.8) is 0 Å². The van der Waals surface area contributed by atoms with Crippen LogP contribution in [0.4, 0.5) is 4.39 Å². The Kier molecular flexibility index (Phi) is 5.60. The van der Waals surface area contributed by atoms with Crippen molar-refractivity contribution in [3.05, 3.63) is 0 Å². The lowest BCUT2D eigenvalue weighted by atomic mass is 10.0. The summed E-state index contributed by atoms with van der Waals surface area (Å²) in [6, 6.07) is 0. The van der Waals surface area contributed by atoms with Crippen LogP contribution < -0.4 is 0 Å². The van der Waals surface area contributed by atoms with Gasteiger partial charge in [0, 0.05) is 18.9 Å². The zero-order chi connectivity index (χ0) is 7.98. The van der Waals surface area contributed by atoms with Gasteiger partial charge in [0.25, 0.3) is 0 Å². The molecule has 1 heterocycles. The molecule has 1 rings (SSSR count). The van der Waals surface area contributed by atoms with Crippen molar-refractivity contribution < 1.29 is 9.13 Å². The molecule has 0 N–H and O–H groups in total. The van der Waals surface area contributed by atoms with Gasteiger partial charge in [-0.15, -0.1) is 0 Å². The van der Waals surface area contributed by atoms with Gasteiger partial charge in [0.15, 0.2) is 0 Å². The second kappa shape index (κ2) is 5.66. The average molecular weight is 148 g/mol. The molecule has 0 aliphatic carbocycles. The first-order valence-corrected chi connectivity index (χ1v) is 4.02. The van der Waals surface area contributed by atoms with Crippen LogP contribution in [0.3, 0.4) is 0 Å². The molecule has 0 aromatic heterocycles. The molecular weight excluding hydrogens is 131 g/mol. The van der Waals surface area contributed by atoms with Crippen molar-refractivity contribution in [1.82, 2.24) is 0 Å². The van der Waals surface area contributed by atoms with Gasteiger partial charge in [0.05, 0.1) is 6.61 Å². The van der Waals surface area contributed by atoms with Gasteiger partial charge in [-0.05, 0) is 0 Å². The maximum absolute atomic E-state index is 12.5. The molecule has 0 aromatic rings. The van der Waals surface area contributed by atoms with E-state index < -0.39 is 6.17 Å². The second-order valence-corrected chi connectivity index (χ2v) is 2.36. The number of hydrogen-bond donors (Lipinski definition) is 0. The number of halogens is 1. The van der Waals surface area contributed by atoms with E-state index >= 15 is 0 Å². The van der Waals surface area contributed by atoms with Crippen LogP contribution in [0.5, 0.6) is 0 Å². The summed E-state index contributed by atoms with van der Waals surface area (Å²) in [4.78, 5) is 0. The van der Waals surface area contributed by atoms with Crippen molar-refractivity contribution in [1.29, 1.82) is 0 Å². The third kappa shape index (κ3) is 3.16. The van der Waals surface area contributed by atoms with Gasteiger partial charge >= 0.3 is 0 Å². The van der Waals surface area contributed by atoms with E-state index in [9.17, 15) is 4.39 Å². The molecule has 1 fully saturated rings. The summed E-state index contributed by atoms with van der Waals surface area (Å²) >= 11 is 0. The minimum Gasteiger partial charge on any atom is -0.381 e. The number of hydrogen-bond acceptors (Lipinski definition) is 1. The van der Waals surface area contributed by atoms with Gasteiger partial charge in [0.1, 0.15) is 6.17 Å². The Labute approximate surface area is 62.6 Å². The third-order valence-corrected chi connectivity index (χ3v) is 1.54. The summed E-state index contributed by atoms with van der Waals surface area (Å²) in [6.45, 7) is 7.08. The van der Waals surface area contributed by atoms with Crippen LogP contribution in [0.15, 0.2) is 0 Å². The molecule has 0 radical (unpaired) electrons. The van der Waals surface area contributed by atoms with Gasteiger partial charge in [-0.2, -0.15) is 0 Å². The van der Waals surface area contributed by atoms with Crippen molar-refractivity contribution >= 4 is 0 Å². The van der Waals surface area contributed by atoms with E-state index in [1.165, 1.54) is 0 Å². The van der Waals surface area contributed by atoms with Crippen molar-refractivity contribution in [2.75, 3.05) is 13.2 Å². The lowest BCUT2D eigenvalue weighted by Crippen LogP contribution is -2.25. The quantitative estimate of drug-likeness (QED) is 0.512. The van der Waals surface area contributed by atoms with Crippen LogP contribution in [0, 0.1) is 5.92 Å². The molecule has 1 aliphatic rings. The first-order valence-electron chi connectivity index (χ1n) is 4.02. The summed E-state index contributed by atoms with van der Waals surface area (Å²) in [5.74, 6) is 0.115.